The van der Waals surface area contributed by atoms with Gasteiger partial charge in [0.05, 0.1) is 11.9 Å². The van der Waals surface area contributed by atoms with Crippen molar-refractivity contribution in [2.24, 2.45) is 0 Å². The highest BCUT2D eigenvalue weighted by molar-refractivity contribution is 5.64. The number of nitrogens with one attached hydrogen (secondary N) is 1. The van der Waals surface area contributed by atoms with Gasteiger partial charge in [-0.2, -0.15) is 5.10 Å². The highest BCUT2D eigenvalue weighted by Crippen LogP contribution is 2.18. The monoisotopic (exact) mass is 218 g/mol. The van der Waals surface area contributed by atoms with E-state index in [1.54, 1.807) is 18.6 Å². The Hall–Kier alpha value is -2.11. The fraction of sp³-hybridized carbons (Fsp3) is 0.300. The molecule has 0 saturated heterocycles. The van der Waals surface area contributed by atoms with Gasteiger partial charge in [-0.05, 0) is 13.8 Å². The largest absolute Gasteiger partial charge is 0.381 e. The van der Waals surface area contributed by atoms with Gasteiger partial charge in [-0.1, -0.05) is 0 Å². The van der Waals surface area contributed by atoms with Crippen LogP contribution < -0.4 is 11.1 Å². The maximum absolute atomic E-state index is 5.67. The third kappa shape index (κ3) is 2.10. The number of aromatic nitrogens is 4. The Labute approximate surface area is 93.5 Å². The second-order valence-corrected chi connectivity index (χ2v) is 3.72. The Morgan fingerprint density at radius 1 is 1.31 bits per heavy atom. The molecule has 16 heavy (non-hydrogen) atoms. The predicted molar refractivity (Wildman–Crippen MR) is 62.3 cm³/mol. The first-order chi connectivity index (χ1) is 7.66. The summed E-state index contributed by atoms with van der Waals surface area (Å²) in [7, 11) is 0. The molecule has 2 aromatic rings. The lowest BCUT2D eigenvalue weighted by molar-refractivity contribution is 0.532. The van der Waals surface area contributed by atoms with Crippen molar-refractivity contribution in [2.45, 2.75) is 19.9 Å². The van der Waals surface area contributed by atoms with Crippen LogP contribution in [0.5, 0.6) is 0 Å². The van der Waals surface area contributed by atoms with Crippen LogP contribution in [0.2, 0.25) is 0 Å². The molecule has 0 unspecified atom stereocenters. The summed E-state index contributed by atoms with van der Waals surface area (Å²) in [6.07, 6.45) is 6.77. The average molecular weight is 218 g/mol. The van der Waals surface area contributed by atoms with E-state index in [4.69, 9.17) is 5.73 Å². The molecular weight excluding hydrogens is 204 g/mol. The zero-order valence-corrected chi connectivity index (χ0v) is 9.25. The van der Waals surface area contributed by atoms with Crippen LogP contribution in [-0.2, 0) is 0 Å². The minimum Gasteiger partial charge on any atom is -0.381 e. The summed E-state index contributed by atoms with van der Waals surface area (Å²) in [6, 6.07) is 0.328. The van der Waals surface area contributed by atoms with Gasteiger partial charge in [0.2, 0.25) is 0 Å². The summed E-state index contributed by atoms with van der Waals surface area (Å²) >= 11 is 0. The van der Waals surface area contributed by atoms with Crippen LogP contribution in [0.3, 0.4) is 0 Å². The first-order valence-corrected chi connectivity index (χ1v) is 5.04. The molecule has 0 atom stereocenters. The van der Waals surface area contributed by atoms with Gasteiger partial charge in [-0.15, -0.1) is 0 Å². The molecule has 0 bridgehead atoms. The van der Waals surface area contributed by atoms with Gasteiger partial charge in [0.15, 0.2) is 11.6 Å². The van der Waals surface area contributed by atoms with Crippen molar-refractivity contribution in [1.82, 2.24) is 19.7 Å². The number of hydrogen-bond donors (Lipinski definition) is 2. The SMILES string of the molecule is CC(C)n1cc(Nc2nccnc2N)cn1. The van der Waals surface area contributed by atoms with Crippen LogP contribution in [0.4, 0.5) is 17.3 Å². The highest BCUT2D eigenvalue weighted by Gasteiger charge is 2.04. The normalized spacial score (nSPS) is 10.7. The highest BCUT2D eigenvalue weighted by atomic mass is 15.3. The average Bonchev–Trinajstić information content (AvgIpc) is 2.70. The Balaban J connectivity index is 2.18. The Morgan fingerprint density at radius 3 is 2.69 bits per heavy atom. The fourth-order valence-corrected chi connectivity index (χ4v) is 1.27. The molecular formula is C10H14N6. The number of rotatable bonds is 3. The standard InChI is InChI=1S/C10H14N6/c1-7(2)16-6-8(5-14-16)15-10-9(11)12-3-4-13-10/h3-7H,1-2H3,(H2,11,12)(H,13,15). The van der Waals surface area contributed by atoms with E-state index in [1.165, 1.54) is 0 Å². The van der Waals surface area contributed by atoms with E-state index in [-0.39, 0.29) is 0 Å². The molecule has 0 saturated carbocycles. The number of hydrogen-bond acceptors (Lipinski definition) is 5. The molecule has 0 spiro atoms. The lowest BCUT2D eigenvalue weighted by atomic mass is 10.4. The Morgan fingerprint density at radius 2 is 2.06 bits per heavy atom. The van der Waals surface area contributed by atoms with Crippen LogP contribution in [0.15, 0.2) is 24.8 Å². The Kier molecular flexibility index (Phi) is 2.72. The van der Waals surface area contributed by atoms with E-state index >= 15 is 0 Å². The van der Waals surface area contributed by atoms with E-state index < -0.39 is 0 Å². The maximum Gasteiger partial charge on any atom is 0.173 e. The smallest absolute Gasteiger partial charge is 0.173 e. The van der Waals surface area contributed by atoms with Crippen molar-refractivity contribution in [2.75, 3.05) is 11.1 Å². The third-order valence-corrected chi connectivity index (χ3v) is 2.12. The van der Waals surface area contributed by atoms with Gasteiger partial charge in [0, 0.05) is 24.6 Å². The molecule has 2 aromatic heterocycles. The molecule has 0 aliphatic carbocycles. The van der Waals surface area contributed by atoms with E-state index in [1.807, 2.05) is 10.9 Å². The van der Waals surface area contributed by atoms with Gasteiger partial charge < -0.3 is 11.1 Å². The van der Waals surface area contributed by atoms with E-state index in [0.29, 0.717) is 17.7 Å². The predicted octanol–water partition coefficient (Wildman–Crippen LogP) is 1.58. The van der Waals surface area contributed by atoms with Crippen LogP contribution in [-0.4, -0.2) is 19.7 Å². The molecule has 0 fully saturated rings. The first kappa shape index (κ1) is 10.4. The molecule has 2 heterocycles. The zero-order chi connectivity index (χ0) is 11.5. The third-order valence-electron chi connectivity index (χ3n) is 2.12. The van der Waals surface area contributed by atoms with Crippen molar-refractivity contribution < 1.29 is 0 Å². The number of nitrogen functional groups attached to an aromatic ring is 1. The van der Waals surface area contributed by atoms with Gasteiger partial charge in [0.1, 0.15) is 0 Å². The topological polar surface area (TPSA) is 81.7 Å². The van der Waals surface area contributed by atoms with Crippen molar-refractivity contribution in [3.63, 3.8) is 0 Å². The van der Waals surface area contributed by atoms with E-state index in [0.717, 1.165) is 5.69 Å². The van der Waals surface area contributed by atoms with Gasteiger partial charge in [-0.25, -0.2) is 9.97 Å². The summed E-state index contributed by atoms with van der Waals surface area (Å²) in [5, 5.41) is 7.27. The van der Waals surface area contributed by atoms with E-state index in [2.05, 4.69) is 34.2 Å². The lowest BCUT2D eigenvalue weighted by Gasteiger charge is -2.05. The number of nitrogens with zero attached hydrogens (tertiary/aromatic N) is 4. The molecule has 3 N–H and O–H groups in total. The van der Waals surface area contributed by atoms with Gasteiger partial charge in [0.25, 0.3) is 0 Å². The van der Waals surface area contributed by atoms with Gasteiger partial charge >= 0.3 is 0 Å². The van der Waals surface area contributed by atoms with E-state index in [9.17, 15) is 0 Å². The maximum atomic E-state index is 5.67. The zero-order valence-electron chi connectivity index (χ0n) is 9.25. The molecule has 6 nitrogen and oxygen atoms in total. The molecule has 2 rings (SSSR count). The van der Waals surface area contributed by atoms with Crippen molar-refractivity contribution >= 4 is 17.3 Å². The van der Waals surface area contributed by atoms with Crippen molar-refractivity contribution in [1.29, 1.82) is 0 Å². The first-order valence-electron chi connectivity index (χ1n) is 5.04. The van der Waals surface area contributed by atoms with Gasteiger partial charge in [-0.3, -0.25) is 4.68 Å². The second-order valence-electron chi connectivity index (χ2n) is 3.72. The summed E-state index contributed by atoms with van der Waals surface area (Å²) in [5.74, 6) is 0.922. The second kappa shape index (κ2) is 4.18. The summed E-state index contributed by atoms with van der Waals surface area (Å²) in [6.45, 7) is 4.13. The molecule has 0 aliphatic heterocycles. The Bertz CT molecular complexity index is 476. The summed E-state index contributed by atoms with van der Waals surface area (Å²) in [4.78, 5) is 8.03. The van der Waals surface area contributed by atoms with Crippen LogP contribution in [0.1, 0.15) is 19.9 Å². The summed E-state index contributed by atoms with van der Waals surface area (Å²) < 4.78 is 1.86. The van der Waals surface area contributed by atoms with Crippen LogP contribution >= 0.6 is 0 Å². The minimum absolute atomic E-state index is 0.328. The molecule has 6 heteroatoms. The number of anilines is 3. The minimum atomic E-state index is 0.328. The quantitative estimate of drug-likeness (QED) is 0.817. The van der Waals surface area contributed by atoms with Crippen molar-refractivity contribution in [3.8, 4) is 0 Å². The summed E-state index contributed by atoms with van der Waals surface area (Å²) in [5.41, 5.74) is 6.52. The fourth-order valence-electron chi connectivity index (χ4n) is 1.27. The molecule has 84 valence electrons. The molecule has 0 aliphatic rings. The molecule has 0 amide bonds. The van der Waals surface area contributed by atoms with Crippen molar-refractivity contribution in [3.05, 3.63) is 24.8 Å². The molecule has 0 aromatic carbocycles. The lowest BCUT2D eigenvalue weighted by Crippen LogP contribution is -2.01. The molecule has 0 radical (unpaired) electrons. The number of nitrogens with two attached hydrogens (primary N) is 1. The van der Waals surface area contributed by atoms with Crippen LogP contribution in [0.25, 0.3) is 0 Å². The van der Waals surface area contributed by atoms with Crippen LogP contribution in [0, 0.1) is 0 Å².